The van der Waals surface area contributed by atoms with E-state index in [9.17, 15) is 9.59 Å². The quantitative estimate of drug-likeness (QED) is 0.663. The largest absolute Gasteiger partial charge is 0.494 e. The molecule has 5 heteroatoms. The van der Waals surface area contributed by atoms with Crippen molar-refractivity contribution in [3.05, 3.63) is 65.4 Å². The molecule has 2 aromatic rings. The third-order valence-corrected chi connectivity index (χ3v) is 5.96. The number of nitrogens with zero attached hydrogens (tertiary/aromatic N) is 2. The van der Waals surface area contributed by atoms with Crippen molar-refractivity contribution in [1.82, 2.24) is 4.90 Å². The van der Waals surface area contributed by atoms with E-state index in [1.54, 1.807) is 0 Å². The highest BCUT2D eigenvalue weighted by molar-refractivity contribution is 6.45. The summed E-state index contributed by atoms with van der Waals surface area (Å²) < 4.78 is 5.56. The summed E-state index contributed by atoms with van der Waals surface area (Å²) in [5.41, 5.74) is 3.38. The normalized spacial score (nSPS) is 21.8. The van der Waals surface area contributed by atoms with Gasteiger partial charge < -0.3 is 9.64 Å². The molecule has 2 atom stereocenters. The highest BCUT2D eigenvalue weighted by Crippen LogP contribution is 2.37. The van der Waals surface area contributed by atoms with Gasteiger partial charge in [0, 0.05) is 13.1 Å². The number of rotatable bonds is 5. The number of aryl methyl sites for hydroxylation is 1. The van der Waals surface area contributed by atoms with Crippen LogP contribution in [0.25, 0.3) is 5.57 Å². The molecular formula is C26H30N2O3. The van der Waals surface area contributed by atoms with Gasteiger partial charge in [0.1, 0.15) is 11.4 Å². The number of amides is 2. The molecule has 0 N–H and O–H groups in total. The minimum atomic E-state index is -0.263. The van der Waals surface area contributed by atoms with Crippen LogP contribution in [-0.2, 0) is 9.59 Å². The Balaban J connectivity index is 1.80. The average molecular weight is 419 g/mol. The summed E-state index contributed by atoms with van der Waals surface area (Å²) in [6.45, 7) is 10.5. The van der Waals surface area contributed by atoms with E-state index >= 15 is 0 Å². The van der Waals surface area contributed by atoms with Gasteiger partial charge in [0.25, 0.3) is 11.8 Å². The lowest BCUT2D eigenvalue weighted by molar-refractivity contribution is -0.120. The van der Waals surface area contributed by atoms with Gasteiger partial charge in [-0.25, -0.2) is 4.90 Å². The number of imide groups is 1. The van der Waals surface area contributed by atoms with Crippen LogP contribution in [0.15, 0.2) is 54.2 Å². The predicted molar refractivity (Wildman–Crippen MR) is 123 cm³/mol. The van der Waals surface area contributed by atoms with Gasteiger partial charge in [0.15, 0.2) is 0 Å². The van der Waals surface area contributed by atoms with Crippen LogP contribution in [0.1, 0.15) is 38.3 Å². The van der Waals surface area contributed by atoms with E-state index in [0.29, 0.717) is 35.4 Å². The van der Waals surface area contributed by atoms with Crippen molar-refractivity contribution in [2.45, 2.75) is 34.1 Å². The molecule has 1 saturated heterocycles. The second-order valence-corrected chi connectivity index (χ2v) is 8.82. The molecule has 0 radical (unpaired) electrons. The van der Waals surface area contributed by atoms with Gasteiger partial charge in [-0.05, 0) is 67.5 Å². The third kappa shape index (κ3) is 4.09. The number of benzene rings is 2. The number of carbonyl (C=O) groups is 2. The Morgan fingerprint density at radius 2 is 1.65 bits per heavy atom. The number of piperidine rings is 1. The summed E-state index contributed by atoms with van der Waals surface area (Å²) >= 11 is 0. The Kier molecular flexibility index (Phi) is 5.86. The highest BCUT2D eigenvalue weighted by atomic mass is 16.5. The van der Waals surface area contributed by atoms with Gasteiger partial charge >= 0.3 is 0 Å². The van der Waals surface area contributed by atoms with E-state index < -0.39 is 0 Å². The molecule has 4 rings (SSSR count). The Hall–Kier alpha value is -3.08. The lowest BCUT2D eigenvalue weighted by atomic mass is 9.91. The number of anilines is 1. The molecule has 5 nitrogen and oxygen atoms in total. The van der Waals surface area contributed by atoms with Crippen molar-refractivity contribution in [2.75, 3.05) is 24.6 Å². The van der Waals surface area contributed by atoms with Crippen molar-refractivity contribution >= 4 is 23.1 Å². The van der Waals surface area contributed by atoms with E-state index in [-0.39, 0.29) is 11.8 Å². The zero-order valence-corrected chi connectivity index (χ0v) is 18.7. The average Bonchev–Trinajstić information content (AvgIpc) is 2.98. The molecular weight excluding hydrogens is 388 g/mol. The van der Waals surface area contributed by atoms with E-state index in [4.69, 9.17) is 4.74 Å². The van der Waals surface area contributed by atoms with Crippen LogP contribution in [0, 0.1) is 18.8 Å². The van der Waals surface area contributed by atoms with E-state index in [2.05, 4.69) is 18.7 Å². The summed E-state index contributed by atoms with van der Waals surface area (Å²) in [5.74, 6) is 1.19. The molecule has 2 aromatic carbocycles. The van der Waals surface area contributed by atoms with Crippen LogP contribution < -0.4 is 9.64 Å². The van der Waals surface area contributed by atoms with Crippen LogP contribution >= 0.6 is 0 Å². The molecule has 162 valence electrons. The van der Waals surface area contributed by atoms with E-state index in [1.807, 2.05) is 62.4 Å². The second kappa shape index (κ2) is 8.58. The SMILES string of the molecule is CCOc1ccc(C2=C(N3CC(C)CC(C)C3)C(=O)N(c3cccc(C)c3)C2=O)cc1. The fourth-order valence-corrected chi connectivity index (χ4v) is 4.80. The maximum absolute atomic E-state index is 13.7. The summed E-state index contributed by atoms with van der Waals surface area (Å²) in [5, 5.41) is 0. The van der Waals surface area contributed by atoms with Crippen molar-refractivity contribution in [1.29, 1.82) is 0 Å². The maximum Gasteiger partial charge on any atom is 0.282 e. The minimum Gasteiger partial charge on any atom is -0.494 e. The van der Waals surface area contributed by atoms with Crippen molar-refractivity contribution in [2.24, 2.45) is 11.8 Å². The Bertz CT molecular complexity index is 1020. The van der Waals surface area contributed by atoms with Crippen LogP contribution in [0.5, 0.6) is 5.75 Å². The summed E-state index contributed by atoms with van der Waals surface area (Å²) in [7, 11) is 0. The summed E-state index contributed by atoms with van der Waals surface area (Å²) in [6.07, 6.45) is 1.13. The lowest BCUT2D eigenvalue weighted by Crippen LogP contribution is -2.42. The molecule has 0 aromatic heterocycles. The van der Waals surface area contributed by atoms with Gasteiger partial charge in [-0.1, -0.05) is 38.1 Å². The Morgan fingerprint density at radius 1 is 0.968 bits per heavy atom. The zero-order chi connectivity index (χ0) is 22.1. The molecule has 0 spiro atoms. The van der Waals surface area contributed by atoms with Gasteiger partial charge in [-0.15, -0.1) is 0 Å². The molecule has 2 aliphatic rings. The minimum absolute atomic E-state index is 0.235. The van der Waals surface area contributed by atoms with Crippen LogP contribution in [-0.4, -0.2) is 36.4 Å². The predicted octanol–water partition coefficient (Wildman–Crippen LogP) is 4.66. The monoisotopic (exact) mass is 418 g/mol. The van der Waals surface area contributed by atoms with Crippen LogP contribution in [0.4, 0.5) is 5.69 Å². The van der Waals surface area contributed by atoms with Crippen molar-refractivity contribution in [3.8, 4) is 5.75 Å². The lowest BCUT2D eigenvalue weighted by Gasteiger charge is -2.37. The number of carbonyl (C=O) groups excluding carboxylic acids is 2. The first-order valence-corrected chi connectivity index (χ1v) is 11.1. The number of ether oxygens (including phenoxy) is 1. The van der Waals surface area contributed by atoms with E-state index in [1.165, 1.54) is 4.90 Å². The molecule has 31 heavy (non-hydrogen) atoms. The fourth-order valence-electron chi connectivity index (χ4n) is 4.80. The number of likely N-dealkylation sites (tertiary alicyclic amines) is 1. The third-order valence-electron chi connectivity index (χ3n) is 5.96. The molecule has 2 heterocycles. The molecule has 2 aliphatic heterocycles. The summed E-state index contributed by atoms with van der Waals surface area (Å²) in [6, 6.07) is 15.0. The molecule has 1 fully saturated rings. The Labute approximate surface area is 184 Å². The van der Waals surface area contributed by atoms with Gasteiger partial charge in [0.05, 0.1) is 17.9 Å². The van der Waals surface area contributed by atoms with Gasteiger partial charge in [-0.3, -0.25) is 9.59 Å². The first-order chi connectivity index (χ1) is 14.9. The fraction of sp³-hybridized carbons (Fsp3) is 0.385. The number of hydrogen-bond donors (Lipinski definition) is 0. The second-order valence-electron chi connectivity index (χ2n) is 8.82. The topological polar surface area (TPSA) is 49.9 Å². The zero-order valence-electron chi connectivity index (χ0n) is 18.7. The van der Waals surface area contributed by atoms with Crippen LogP contribution in [0.2, 0.25) is 0 Å². The van der Waals surface area contributed by atoms with Gasteiger partial charge in [-0.2, -0.15) is 0 Å². The van der Waals surface area contributed by atoms with Crippen molar-refractivity contribution < 1.29 is 14.3 Å². The van der Waals surface area contributed by atoms with Crippen molar-refractivity contribution in [3.63, 3.8) is 0 Å². The van der Waals surface area contributed by atoms with E-state index in [0.717, 1.165) is 36.4 Å². The first-order valence-electron chi connectivity index (χ1n) is 11.1. The molecule has 2 unspecified atom stereocenters. The van der Waals surface area contributed by atoms with Gasteiger partial charge in [0.2, 0.25) is 0 Å². The maximum atomic E-state index is 13.7. The molecule has 0 aliphatic carbocycles. The van der Waals surface area contributed by atoms with Crippen LogP contribution in [0.3, 0.4) is 0 Å². The Morgan fingerprint density at radius 3 is 2.26 bits per heavy atom. The standard InChI is InChI=1S/C26H30N2O3/c1-5-31-22-11-9-20(10-12-22)23-24(27-15-18(3)13-19(4)16-27)26(30)28(25(23)29)21-8-6-7-17(2)14-21/h6-12,14,18-19H,5,13,15-16H2,1-4H3. The highest BCUT2D eigenvalue weighted by Gasteiger charge is 2.43. The first kappa shape index (κ1) is 21.2. The number of hydrogen-bond acceptors (Lipinski definition) is 4. The smallest absolute Gasteiger partial charge is 0.282 e. The molecule has 0 saturated carbocycles. The molecule has 0 bridgehead atoms. The molecule has 2 amide bonds. The summed E-state index contributed by atoms with van der Waals surface area (Å²) in [4.78, 5) is 30.8.